The van der Waals surface area contributed by atoms with Crippen molar-refractivity contribution in [2.45, 2.75) is 71.8 Å². The Morgan fingerprint density at radius 1 is 0.962 bits per heavy atom. The van der Waals surface area contributed by atoms with E-state index in [4.69, 9.17) is 14.2 Å². The fraction of sp³-hybridized carbons (Fsp3) is 0.375. The van der Waals surface area contributed by atoms with Gasteiger partial charge in [0.2, 0.25) is 11.8 Å². The number of hydrogen-bond donors (Lipinski definition) is 2. The molecule has 12 heteroatoms. The Kier molecular flexibility index (Phi) is 12.6. The van der Waals surface area contributed by atoms with Gasteiger partial charge in [0.15, 0.2) is 5.78 Å². The molecule has 0 saturated carbocycles. The predicted molar refractivity (Wildman–Crippen MR) is 197 cm³/mol. The number of nitrogens with zero attached hydrogens (tertiary/aromatic N) is 2. The highest BCUT2D eigenvalue weighted by atomic mass is 32.1. The lowest BCUT2D eigenvalue weighted by molar-refractivity contribution is -0.144. The third-order valence-corrected chi connectivity index (χ3v) is 9.89. The summed E-state index contributed by atoms with van der Waals surface area (Å²) in [7, 11) is 1.32. The van der Waals surface area contributed by atoms with Gasteiger partial charge in [-0.25, -0.2) is 9.78 Å². The van der Waals surface area contributed by atoms with Crippen LogP contribution in [0, 0.1) is 12.3 Å². The lowest BCUT2D eigenvalue weighted by Crippen LogP contribution is -2.57. The lowest BCUT2D eigenvalue weighted by Gasteiger charge is -2.35. The van der Waals surface area contributed by atoms with Gasteiger partial charge in [-0.1, -0.05) is 57.2 Å². The second-order valence-corrected chi connectivity index (χ2v) is 14.8. The number of aliphatic hydroxyl groups excluding tert-OH is 1. The molecule has 1 fully saturated rings. The fourth-order valence-corrected chi connectivity index (χ4v) is 6.86. The molecule has 1 saturated heterocycles. The van der Waals surface area contributed by atoms with Crippen LogP contribution in [0.5, 0.6) is 11.5 Å². The Balaban J connectivity index is 1.12. The number of benzene rings is 3. The van der Waals surface area contributed by atoms with E-state index in [0.717, 1.165) is 27.3 Å². The van der Waals surface area contributed by atoms with Gasteiger partial charge in [-0.2, -0.15) is 0 Å². The third kappa shape index (κ3) is 9.90. The van der Waals surface area contributed by atoms with E-state index in [9.17, 15) is 24.3 Å². The minimum absolute atomic E-state index is 0.0234. The SMILES string of the molecule is COC(=O)c1ccc(Oc2ccc(COCC(=O)N[C@H](C(=O)N3C[C@H](O)C[C@H]3C(=O)CCc3ccc(-c4scnc4C)cc3)C(C)(C)C)cc2)cc1. The summed E-state index contributed by atoms with van der Waals surface area (Å²) >= 11 is 1.59. The highest BCUT2D eigenvalue weighted by Gasteiger charge is 2.44. The van der Waals surface area contributed by atoms with E-state index < -0.39 is 41.4 Å². The van der Waals surface area contributed by atoms with Crippen molar-refractivity contribution in [3.8, 4) is 21.9 Å². The van der Waals surface area contributed by atoms with Crippen LogP contribution in [0.25, 0.3) is 10.4 Å². The second kappa shape index (κ2) is 17.1. The molecule has 0 spiro atoms. The van der Waals surface area contributed by atoms with Gasteiger partial charge >= 0.3 is 5.97 Å². The molecule has 0 bridgehead atoms. The average Bonchev–Trinajstić information content (AvgIpc) is 3.75. The number of β-amino-alcohol motifs (C(OH)–C–C–N with tert-alkyl or cyclic N) is 1. The predicted octanol–water partition coefficient (Wildman–Crippen LogP) is 5.91. The second-order valence-electron chi connectivity index (χ2n) is 13.9. The minimum Gasteiger partial charge on any atom is -0.465 e. The molecule has 2 amide bonds. The number of likely N-dealkylation sites (tertiary alicyclic amines) is 1. The van der Waals surface area contributed by atoms with Gasteiger partial charge in [0.05, 0.1) is 47.5 Å². The van der Waals surface area contributed by atoms with Gasteiger partial charge in [0.1, 0.15) is 24.1 Å². The summed E-state index contributed by atoms with van der Waals surface area (Å²) in [6.45, 7) is 7.39. The summed E-state index contributed by atoms with van der Waals surface area (Å²) < 4.78 is 16.2. The Bertz CT molecular complexity index is 1850. The molecular weight excluding hydrogens is 683 g/mol. The largest absolute Gasteiger partial charge is 0.465 e. The Labute approximate surface area is 307 Å². The molecule has 52 heavy (non-hydrogen) atoms. The molecule has 3 atom stereocenters. The summed E-state index contributed by atoms with van der Waals surface area (Å²) in [5, 5.41) is 13.4. The number of aromatic nitrogens is 1. The van der Waals surface area contributed by atoms with E-state index in [0.29, 0.717) is 23.5 Å². The van der Waals surface area contributed by atoms with Crippen LogP contribution in [-0.4, -0.2) is 77.0 Å². The summed E-state index contributed by atoms with van der Waals surface area (Å²) in [5.74, 6) is -0.287. The standard InChI is InChI=1S/C40H45N3O8S/c1-25-36(52-24-41-25)28-11-6-26(7-12-28)10-19-34(45)33-20-30(44)21-43(33)38(47)37(40(2,3)4)42-35(46)23-50-22-27-8-15-31(16-9-27)51-32-17-13-29(14-18-32)39(48)49-5/h6-9,11-18,24,30,33,37,44H,10,19-23H2,1-5H3,(H,42,46)/t30-,33+,37-/m1/s1. The van der Waals surface area contributed by atoms with Crippen molar-refractivity contribution in [3.63, 3.8) is 0 Å². The fourth-order valence-electron chi connectivity index (χ4n) is 6.04. The third-order valence-electron chi connectivity index (χ3n) is 8.91. The van der Waals surface area contributed by atoms with Gasteiger partial charge in [0.25, 0.3) is 0 Å². The van der Waals surface area contributed by atoms with Crippen LogP contribution in [-0.2, 0) is 36.9 Å². The molecule has 2 N–H and O–H groups in total. The van der Waals surface area contributed by atoms with Crippen molar-refractivity contribution in [1.29, 1.82) is 0 Å². The minimum atomic E-state index is -0.940. The van der Waals surface area contributed by atoms with E-state index in [1.807, 2.05) is 69.6 Å². The number of thiazole rings is 1. The van der Waals surface area contributed by atoms with Crippen LogP contribution in [0.1, 0.15) is 60.8 Å². The number of amides is 2. The highest BCUT2D eigenvalue weighted by molar-refractivity contribution is 7.13. The molecule has 1 aliphatic heterocycles. The van der Waals surface area contributed by atoms with Crippen LogP contribution in [0.15, 0.2) is 78.3 Å². The number of hydrogen-bond acceptors (Lipinski definition) is 10. The van der Waals surface area contributed by atoms with Crippen LogP contribution < -0.4 is 10.1 Å². The topological polar surface area (TPSA) is 144 Å². The first-order chi connectivity index (χ1) is 24.8. The molecule has 0 aliphatic carbocycles. The van der Waals surface area contributed by atoms with Crippen LogP contribution in [0.2, 0.25) is 0 Å². The maximum atomic E-state index is 13.9. The summed E-state index contributed by atoms with van der Waals surface area (Å²) in [6.07, 6.45) is 0.0582. The summed E-state index contributed by atoms with van der Waals surface area (Å²) in [5.41, 5.74) is 5.43. The molecule has 5 rings (SSSR count). The molecule has 0 radical (unpaired) electrons. The first-order valence-corrected chi connectivity index (χ1v) is 18.0. The molecule has 3 aromatic carbocycles. The number of esters is 1. The first kappa shape index (κ1) is 38.3. The van der Waals surface area contributed by atoms with Crippen molar-refractivity contribution in [2.75, 3.05) is 20.3 Å². The van der Waals surface area contributed by atoms with Crippen molar-refractivity contribution in [2.24, 2.45) is 5.41 Å². The van der Waals surface area contributed by atoms with Crippen LogP contribution >= 0.6 is 11.3 Å². The van der Waals surface area contributed by atoms with Crippen molar-refractivity contribution in [3.05, 3.63) is 101 Å². The van der Waals surface area contributed by atoms with Crippen molar-refractivity contribution < 1.29 is 38.5 Å². The molecule has 274 valence electrons. The number of Topliss-reactive ketones (excluding diaryl/α,β-unsaturated/α-hetero) is 1. The van der Waals surface area contributed by atoms with Gasteiger partial charge in [-0.05, 0) is 71.8 Å². The number of nitrogens with one attached hydrogen (secondary N) is 1. The molecule has 11 nitrogen and oxygen atoms in total. The molecule has 0 unspecified atom stereocenters. The van der Waals surface area contributed by atoms with Gasteiger partial charge in [0, 0.05) is 19.4 Å². The quantitative estimate of drug-likeness (QED) is 0.152. The van der Waals surface area contributed by atoms with E-state index in [1.165, 1.54) is 12.0 Å². The number of carbonyl (C=O) groups excluding carboxylic acids is 4. The zero-order valence-corrected chi connectivity index (χ0v) is 30.9. The zero-order chi connectivity index (χ0) is 37.4. The Morgan fingerprint density at radius 2 is 1.60 bits per heavy atom. The summed E-state index contributed by atoms with van der Waals surface area (Å²) in [6, 6.07) is 20.1. The van der Waals surface area contributed by atoms with E-state index in [-0.39, 0.29) is 38.4 Å². The Morgan fingerprint density at radius 3 is 2.19 bits per heavy atom. The smallest absolute Gasteiger partial charge is 0.337 e. The van der Waals surface area contributed by atoms with Gasteiger partial charge < -0.3 is 29.5 Å². The Hall–Kier alpha value is -4.91. The number of aliphatic hydroxyl groups is 1. The van der Waals surface area contributed by atoms with Gasteiger partial charge in [-0.3, -0.25) is 14.4 Å². The molecular formula is C40H45N3O8S. The van der Waals surface area contributed by atoms with Crippen LogP contribution in [0.3, 0.4) is 0 Å². The first-order valence-electron chi connectivity index (χ1n) is 17.2. The number of ketones is 1. The number of ether oxygens (including phenoxy) is 3. The molecule has 2 heterocycles. The number of rotatable bonds is 14. The average molecular weight is 728 g/mol. The van der Waals surface area contributed by atoms with E-state index >= 15 is 0 Å². The number of carbonyl (C=O) groups is 4. The van der Waals surface area contributed by atoms with Gasteiger partial charge in [-0.15, -0.1) is 11.3 Å². The number of aryl methyl sites for hydroxylation is 2. The van der Waals surface area contributed by atoms with E-state index in [1.54, 1.807) is 47.7 Å². The normalized spacial score (nSPS) is 16.3. The molecule has 4 aromatic rings. The van der Waals surface area contributed by atoms with E-state index in [2.05, 4.69) is 10.3 Å². The van der Waals surface area contributed by atoms with Crippen LogP contribution in [0.4, 0.5) is 0 Å². The van der Waals surface area contributed by atoms with Crippen molar-refractivity contribution >= 4 is 34.9 Å². The van der Waals surface area contributed by atoms with Crippen molar-refractivity contribution in [1.82, 2.24) is 15.2 Å². The maximum absolute atomic E-state index is 13.9. The lowest BCUT2D eigenvalue weighted by atomic mass is 9.85. The highest BCUT2D eigenvalue weighted by Crippen LogP contribution is 2.29. The zero-order valence-electron chi connectivity index (χ0n) is 30.1. The maximum Gasteiger partial charge on any atom is 0.337 e. The molecule has 1 aromatic heterocycles. The monoisotopic (exact) mass is 727 g/mol. The summed E-state index contributed by atoms with van der Waals surface area (Å²) in [4.78, 5) is 58.9. The number of methoxy groups -OCH3 is 1. The molecule has 1 aliphatic rings.